The maximum absolute atomic E-state index is 8.63. The molecule has 0 aromatic heterocycles. The summed E-state index contributed by atoms with van der Waals surface area (Å²) < 4.78 is 16.2. The summed E-state index contributed by atoms with van der Waals surface area (Å²) in [6.45, 7) is 6.03. The lowest BCUT2D eigenvalue weighted by molar-refractivity contribution is 0.00719. The van der Waals surface area contributed by atoms with Crippen molar-refractivity contribution in [3.8, 4) is 0 Å². The summed E-state index contributed by atoms with van der Waals surface area (Å²) in [5.74, 6) is 0. The van der Waals surface area contributed by atoms with E-state index in [1.165, 1.54) is 244 Å². The summed E-state index contributed by atoms with van der Waals surface area (Å²) in [4.78, 5) is 0. The van der Waals surface area contributed by atoms with Crippen molar-refractivity contribution in [2.45, 2.75) is 251 Å². The molecular formula is C46H94O4. The molecule has 0 aliphatic heterocycles. The molecule has 1 N–H and O–H groups in total. The Bertz CT molecular complexity index is 508. The van der Waals surface area contributed by atoms with Crippen LogP contribution in [0.3, 0.4) is 0 Å². The number of aliphatic hydroxyl groups is 1. The third kappa shape index (κ3) is 47.8. The van der Waals surface area contributed by atoms with E-state index in [9.17, 15) is 0 Å². The first kappa shape index (κ1) is 49.8. The number of aliphatic hydroxyl groups excluding tert-OH is 1. The van der Waals surface area contributed by atoms with Gasteiger partial charge in [-0.2, -0.15) is 0 Å². The molecule has 0 fully saturated rings. The van der Waals surface area contributed by atoms with E-state index in [1.807, 2.05) is 0 Å². The Labute approximate surface area is 315 Å². The lowest BCUT2D eigenvalue weighted by Gasteiger charge is -2.06. The molecule has 0 saturated heterocycles. The fourth-order valence-electron chi connectivity index (χ4n) is 7.25. The number of unbranched alkanes of at least 4 members (excludes halogenated alkanes) is 37. The zero-order valence-electron chi connectivity index (χ0n) is 34.5. The van der Waals surface area contributed by atoms with Crippen molar-refractivity contribution in [1.82, 2.24) is 0 Å². The lowest BCUT2D eigenvalue weighted by atomic mass is 10.0. The van der Waals surface area contributed by atoms with Gasteiger partial charge in [-0.05, 0) is 6.42 Å². The highest BCUT2D eigenvalue weighted by Crippen LogP contribution is 2.17. The first-order valence-electron chi connectivity index (χ1n) is 23.3. The van der Waals surface area contributed by atoms with Gasteiger partial charge < -0.3 is 19.3 Å². The smallest absolute Gasteiger partial charge is 0.0701 e. The molecule has 0 rings (SSSR count). The molecule has 0 aliphatic carbocycles. The van der Waals surface area contributed by atoms with E-state index in [4.69, 9.17) is 19.3 Å². The summed E-state index contributed by atoms with van der Waals surface area (Å²) in [6.07, 6.45) is 55.1. The van der Waals surface area contributed by atoms with Crippen molar-refractivity contribution in [2.75, 3.05) is 46.2 Å². The topological polar surface area (TPSA) is 47.9 Å². The summed E-state index contributed by atoms with van der Waals surface area (Å²) in [5, 5.41) is 8.63. The second-order valence-corrected chi connectivity index (χ2v) is 15.6. The van der Waals surface area contributed by atoms with Crippen LogP contribution in [0.5, 0.6) is 0 Å². The van der Waals surface area contributed by atoms with Gasteiger partial charge in [-0.15, -0.1) is 0 Å². The largest absolute Gasteiger partial charge is 0.394 e. The molecule has 0 aliphatic rings. The molecule has 0 atom stereocenters. The van der Waals surface area contributed by atoms with Crippen molar-refractivity contribution in [2.24, 2.45) is 0 Å². The van der Waals surface area contributed by atoms with Gasteiger partial charge in [-0.1, -0.05) is 244 Å². The molecule has 0 amide bonds. The standard InChI is InChI=1S/C46H94O4/c1-2-3-4-5-6-7-8-9-10-11-12-13-14-15-16-17-18-19-20-21-22-23-24-25-26-27-28-29-30-31-32-33-34-35-36-37-38-39-41-48-43-45-50-46-44-49-42-40-47/h47H,2-46H2,1H3. The zero-order chi connectivity index (χ0) is 35.9. The van der Waals surface area contributed by atoms with Crippen molar-refractivity contribution >= 4 is 0 Å². The fourth-order valence-corrected chi connectivity index (χ4v) is 7.25. The van der Waals surface area contributed by atoms with Gasteiger partial charge in [0.1, 0.15) is 0 Å². The number of ether oxygens (including phenoxy) is 3. The fraction of sp³-hybridized carbons (Fsp3) is 1.00. The molecular weight excluding hydrogens is 617 g/mol. The van der Waals surface area contributed by atoms with E-state index in [2.05, 4.69) is 6.92 Å². The maximum atomic E-state index is 8.63. The van der Waals surface area contributed by atoms with Crippen molar-refractivity contribution in [3.63, 3.8) is 0 Å². The Kier molecular flexibility index (Phi) is 48.7. The Morgan fingerprint density at radius 2 is 0.400 bits per heavy atom. The number of hydrogen-bond acceptors (Lipinski definition) is 4. The second-order valence-electron chi connectivity index (χ2n) is 15.6. The van der Waals surface area contributed by atoms with Gasteiger partial charge in [0.25, 0.3) is 0 Å². The molecule has 50 heavy (non-hydrogen) atoms. The molecule has 0 aromatic rings. The molecule has 0 radical (unpaired) electrons. The summed E-state index contributed by atoms with van der Waals surface area (Å²) in [6, 6.07) is 0. The molecule has 0 spiro atoms. The molecule has 4 heteroatoms. The van der Waals surface area contributed by atoms with Crippen LogP contribution in [-0.2, 0) is 14.2 Å². The second kappa shape index (κ2) is 48.8. The van der Waals surface area contributed by atoms with Crippen LogP contribution >= 0.6 is 0 Å². The van der Waals surface area contributed by atoms with Crippen molar-refractivity contribution in [3.05, 3.63) is 0 Å². The van der Waals surface area contributed by atoms with Crippen LogP contribution in [0.25, 0.3) is 0 Å². The third-order valence-corrected chi connectivity index (χ3v) is 10.6. The SMILES string of the molecule is CCCCCCCCCCCCCCCCCCCCCCCCCCCCCCCCCCCCCCCCOCCOCCOCCO. The Hall–Kier alpha value is -0.160. The van der Waals surface area contributed by atoms with Crippen molar-refractivity contribution < 1.29 is 19.3 Å². The van der Waals surface area contributed by atoms with Crippen LogP contribution in [0.4, 0.5) is 0 Å². The first-order valence-corrected chi connectivity index (χ1v) is 23.3. The van der Waals surface area contributed by atoms with Crippen LogP contribution in [0.15, 0.2) is 0 Å². The zero-order valence-corrected chi connectivity index (χ0v) is 34.5. The molecule has 4 nitrogen and oxygen atoms in total. The van der Waals surface area contributed by atoms with Crippen LogP contribution < -0.4 is 0 Å². The highest BCUT2D eigenvalue weighted by Gasteiger charge is 1.98. The van der Waals surface area contributed by atoms with Crippen LogP contribution in [-0.4, -0.2) is 51.4 Å². The molecule has 0 saturated carbocycles. The van der Waals surface area contributed by atoms with Gasteiger partial charge in [0, 0.05) is 6.61 Å². The minimum absolute atomic E-state index is 0.0723. The first-order chi connectivity index (χ1) is 24.9. The van der Waals surface area contributed by atoms with Gasteiger partial charge in [0.2, 0.25) is 0 Å². The quantitative estimate of drug-likeness (QED) is 0.0639. The van der Waals surface area contributed by atoms with E-state index in [0.29, 0.717) is 33.0 Å². The van der Waals surface area contributed by atoms with E-state index in [0.717, 1.165) is 6.61 Å². The average molecular weight is 711 g/mol. The minimum Gasteiger partial charge on any atom is -0.394 e. The van der Waals surface area contributed by atoms with E-state index >= 15 is 0 Å². The highest BCUT2D eigenvalue weighted by molar-refractivity contribution is 4.53. The number of rotatable bonds is 47. The van der Waals surface area contributed by atoms with Gasteiger partial charge in [0.05, 0.1) is 39.6 Å². The minimum atomic E-state index is 0.0723. The van der Waals surface area contributed by atoms with Crippen molar-refractivity contribution in [1.29, 1.82) is 0 Å². The molecule has 0 bridgehead atoms. The Morgan fingerprint density at radius 3 is 0.620 bits per heavy atom. The van der Waals surface area contributed by atoms with Crippen LogP contribution in [0.2, 0.25) is 0 Å². The molecule has 0 aromatic carbocycles. The van der Waals surface area contributed by atoms with Gasteiger partial charge in [-0.3, -0.25) is 0 Å². The van der Waals surface area contributed by atoms with Gasteiger partial charge in [0.15, 0.2) is 0 Å². The van der Waals surface area contributed by atoms with Crippen LogP contribution in [0, 0.1) is 0 Å². The molecule has 302 valence electrons. The van der Waals surface area contributed by atoms with Gasteiger partial charge in [-0.25, -0.2) is 0 Å². The predicted octanol–water partition coefficient (Wildman–Crippen LogP) is 14.9. The Morgan fingerprint density at radius 1 is 0.220 bits per heavy atom. The monoisotopic (exact) mass is 711 g/mol. The normalized spacial score (nSPS) is 11.6. The van der Waals surface area contributed by atoms with E-state index in [1.54, 1.807) is 0 Å². The van der Waals surface area contributed by atoms with Gasteiger partial charge >= 0.3 is 0 Å². The Balaban J connectivity index is 3.04. The summed E-state index contributed by atoms with van der Waals surface area (Å²) in [5.41, 5.74) is 0. The third-order valence-electron chi connectivity index (χ3n) is 10.6. The number of hydrogen-bond donors (Lipinski definition) is 1. The maximum Gasteiger partial charge on any atom is 0.0701 e. The van der Waals surface area contributed by atoms with E-state index < -0.39 is 0 Å². The summed E-state index contributed by atoms with van der Waals surface area (Å²) in [7, 11) is 0. The van der Waals surface area contributed by atoms with E-state index in [-0.39, 0.29) is 6.61 Å². The summed E-state index contributed by atoms with van der Waals surface area (Å²) >= 11 is 0. The average Bonchev–Trinajstić information content (AvgIpc) is 3.13. The molecule has 0 unspecified atom stereocenters. The van der Waals surface area contributed by atoms with Crippen LogP contribution in [0.1, 0.15) is 251 Å². The highest BCUT2D eigenvalue weighted by atomic mass is 16.5. The predicted molar refractivity (Wildman–Crippen MR) is 221 cm³/mol. The lowest BCUT2D eigenvalue weighted by Crippen LogP contribution is -2.11. The molecule has 0 heterocycles.